The van der Waals surface area contributed by atoms with Crippen molar-refractivity contribution in [2.24, 2.45) is 5.92 Å². The fourth-order valence-electron chi connectivity index (χ4n) is 4.24. The minimum atomic E-state index is -0.645. The molecule has 2 N–H and O–H groups in total. The molecule has 1 aromatic heterocycles. The summed E-state index contributed by atoms with van der Waals surface area (Å²) in [6.07, 6.45) is 4.60. The van der Waals surface area contributed by atoms with E-state index >= 15 is 0 Å². The molecule has 2 aromatic carbocycles. The number of carbonyl (C=O) groups is 2. The van der Waals surface area contributed by atoms with Gasteiger partial charge in [0.2, 0.25) is 5.91 Å². The summed E-state index contributed by atoms with van der Waals surface area (Å²) in [6, 6.07) is 11.0. The van der Waals surface area contributed by atoms with Crippen LogP contribution in [0.3, 0.4) is 0 Å². The van der Waals surface area contributed by atoms with Crippen LogP contribution in [0.5, 0.6) is 5.75 Å². The minimum Gasteiger partial charge on any atom is -0.496 e. The van der Waals surface area contributed by atoms with Gasteiger partial charge in [-0.2, -0.15) is 0 Å². The number of para-hydroxylation sites is 1. The molecular formula is C26H28FN3O3. The Labute approximate surface area is 192 Å². The Balaban J connectivity index is 1.48. The van der Waals surface area contributed by atoms with Gasteiger partial charge in [0.25, 0.3) is 5.91 Å². The molecule has 0 saturated carbocycles. The van der Waals surface area contributed by atoms with Gasteiger partial charge in [-0.3, -0.25) is 9.59 Å². The Bertz CT molecular complexity index is 1210. The molecule has 4 rings (SSSR count). The molecule has 2 amide bonds. The van der Waals surface area contributed by atoms with Crippen LogP contribution in [0, 0.1) is 11.7 Å². The lowest BCUT2D eigenvalue weighted by Gasteiger charge is -2.32. The smallest absolute Gasteiger partial charge is 0.255 e. The van der Waals surface area contributed by atoms with E-state index in [1.165, 1.54) is 19.2 Å². The molecular weight excluding hydrogens is 421 g/mol. The Kier molecular flexibility index (Phi) is 6.49. The predicted octanol–water partition coefficient (Wildman–Crippen LogP) is 4.39. The molecule has 1 aliphatic heterocycles. The van der Waals surface area contributed by atoms with Crippen molar-refractivity contribution >= 4 is 28.3 Å². The van der Waals surface area contributed by atoms with Crippen molar-refractivity contribution in [1.82, 2.24) is 15.2 Å². The van der Waals surface area contributed by atoms with Crippen molar-refractivity contribution in [2.75, 3.05) is 20.2 Å². The van der Waals surface area contributed by atoms with Gasteiger partial charge in [0, 0.05) is 35.8 Å². The topological polar surface area (TPSA) is 74.4 Å². The molecule has 1 aliphatic rings. The van der Waals surface area contributed by atoms with Crippen molar-refractivity contribution < 1.29 is 18.7 Å². The number of rotatable bonds is 6. The van der Waals surface area contributed by atoms with E-state index in [1.54, 1.807) is 35.2 Å². The zero-order chi connectivity index (χ0) is 23.5. The standard InChI is InChI=1S/C26H28FN3O3/c1-16(2)24(29-25(31)20-6-4-5-7-23(20)33-3)26(32)30-12-10-17(11-13-30)21-15-28-22-14-18(27)8-9-19(21)22/h4-10,14-16,24,28H,11-13H2,1-3H3,(H,29,31). The first kappa shape index (κ1) is 22.6. The lowest BCUT2D eigenvalue weighted by Crippen LogP contribution is -2.52. The number of aromatic amines is 1. The molecule has 172 valence electrons. The number of amides is 2. The molecule has 3 aromatic rings. The molecule has 6 nitrogen and oxygen atoms in total. The van der Waals surface area contributed by atoms with Crippen LogP contribution in [0.15, 0.2) is 54.7 Å². The number of aromatic nitrogens is 1. The molecule has 33 heavy (non-hydrogen) atoms. The third kappa shape index (κ3) is 4.62. The number of H-pyrrole nitrogens is 1. The molecule has 2 heterocycles. The molecule has 0 spiro atoms. The molecule has 7 heteroatoms. The van der Waals surface area contributed by atoms with Crippen LogP contribution in [0.25, 0.3) is 16.5 Å². The van der Waals surface area contributed by atoms with Gasteiger partial charge >= 0.3 is 0 Å². The number of nitrogens with one attached hydrogen (secondary N) is 2. The Morgan fingerprint density at radius 1 is 1.18 bits per heavy atom. The van der Waals surface area contributed by atoms with E-state index < -0.39 is 6.04 Å². The summed E-state index contributed by atoms with van der Waals surface area (Å²) in [5.74, 6) is -0.331. The van der Waals surface area contributed by atoms with Gasteiger partial charge in [-0.15, -0.1) is 0 Å². The fourth-order valence-corrected chi connectivity index (χ4v) is 4.24. The van der Waals surface area contributed by atoms with Gasteiger partial charge in [0.1, 0.15) is 17.6 Å². The SMILES string of the molecule is COc1ccccc1C(=O)NC(C(=O)N1CC=C(c2c[nH]c3cc(F)ccc23)CC1)C(C)C. The highest BCUT2D eigenvalue weighted by Gasteiger charge is 2.30. The predicted molar refractivity (Wildman–Crippen MR) is 127 cm³/mol. The summed E-state index contributed by atoms with van der Waals surface area (Å²) >= 11 is 0. The van der Waals surface area contributed by atoms with Crippen molar-refractivity contribution in [3.63, 3.8) is 0 Å². The number of carbonyl (C=O) groups excluding carboxylic acids is 2. The number of nitrogens with zero attached hydrogens (tertiary/aromatic N) is 1. The zero-order valence-electron chi connectivity index (χ0n) is 19.0. The first-order valence-electron chi connectivity index (χ1n) is 11.1. The normalized spacial score (nSPS) is 14.8. The number of ether oxygens (including phenoxy) is 1. The van der Waals surface area contributed by atoms with E-state index in [0.717, 1.165) is 22.0 Å². The number of hydrogen-bond acceptors (Lipinski definition) is 3. The van der Waals surface area contributed by atoms with Crippen molar-refractivity contribution in [2.45, 2.75) is 26.3 Å². The average molecular weight is 450 g/mol. The van der Waals surface area contributed by atoms with E-state index in [0.29, 0.717) is 30.8 Å². The van der Waals surface area contributed by atoms with E-state index in [4.69, 9.17) is 4.74 Å². The Hall–Kier alpha value is -3.61. The lowest BCUT2D eigenvalue weighted by atomic mass is 9.97. The van der Waals surface area contributed by atoms with Crippen LogP contribution in [-0.4, -0.2) is 47.9 Å². The number of fused-ring (bicyclic) bond motifs is 1. The second-order valence-corrected chi connectivity index (χ2v) is 8.55. The number of methoxy groups -OCH3 is 1. The van der Waals surface area contributed by atoms with E-state index in [-0.39, 0.29) is 23.5 Å². The maximum absolute atomic E-state index is 13.5. The molecule has 0 radical (unpaired) electrons. The summed E-state index contributed by atoms with van der Waals surface area (Å²) in [5.41, 5.74) is 3.30. The highest BCUT2D eigenvalue weighted by molar-refractivity contribution is 6.00. The average Bonchev–Trinajstić information content (AvgIpc) is 3.24. The monoisotopic (exact) mass is 449 g/mol. The van der Waals surface area contributed by atoms with Gasteiger partial charge in [0.15, 0.2) is 0 Å². The van der Waals surface area contributed by atoms with Gasteiger partial charge in [-0.05, 0) is 48.2 Å². The quantitative estimate of drug-likeness (QED) is 0.586. The van der Waals surface area contributed by atoms with Gasteiger partial charge in [-0.1, -0.05) is 32.1 Å². The van der Waals surface area contributed by atoms with E-state index in [9.17, 15) is 14.0 Å². The van der Waals surface area contributed by atoms with Gasteiger partial charge in [-0.25, -0.2) is 4.39 Å². The lowest BCUT2D eigenvalue weighted by molar-refractivity contribution is -0.133. The highest BCUT2D eigenvalue weighted by Crippen LogP contribution is 2.30. The van der Waals surface area contributed by atoms with Crippen molar-refractivity contribution in [1.29, 1.82) is 0 Å². The van der Waals surface area contributed by atoms with Crippen LogP contribution in [-0.2, 0) is 4.79 Å². The van der Waals surface area contributed by atoms with Crippen LogP contribution in [0.1, 0.15) is 36.2 Å². The molecule has 0 saturated heterocycles. The number of benzene rings is 2. The van der Waals surface area contributed by atoms with Crippen LogP contribution in [0.4, 0.5) is 4.39 Å². The first-order valence-corrected chi connectivity index (χ1v) is 11.1. The maximum Gasteiger partial charge on any atom is 0.255 e. The third-order valence-electron chi connectivity index (χ3n) is 6.08. The van der Waals surface area contributed by atoms with Crippen molar-refractivity contribution in [3.05, 3.63) is 71.7 Å². The van der Waals surface area contributed by atoms with Gasteiger partial charge in [0.05, 0.1) is 12.7 Å². The summed E-state index contributed by atoms with van der Waals surface area (Å²) in [5, 5.41) is 3.87. The fraction of sp³-hybridized carbons (Fsp3) is 0.308. The molecule has 1 atom stereocenters. The second kappa shape index (κ2) is 9.48. The zero-order valence-corrected chi connectivity index (χ0v) is 19.0. The van der Waals surface area contributed by atoms with Crippen molar-refractivity contribution in [3.8, 4) is 5.75 Å². The number of halogens is 1. The van der Waals surface area contributed by atoms with Crippen LogP contribution < -0.4 is 10.1 Å². The van der Waals surface area contributed by atoms with Gasteiger partial charge < -0.3 is 19.9 Å². The van der Waals surface area contributed by atoms with E-state index in [2.05, 4.69) is 10.3 Å². The maximum atomic E-state index is 13.5. The first-order chi connectivity index (χ1) is 15.9. The third-order valence-corrected chi connectivity index (χ3v) is 6.08. The molecule has 1 unspecified atom stereocenters. The largest absolute Gasteiger partial charge is 0.496 e. The summed E-state index contributed by atoms with van der Waals surface area (Å²) < 4.78 is 18.8. The Morgan fingerprint density at radius 3 is 2.67 bits per heavy atom. The Morgan fingerprint density at radius 2 is 1.97 bits per heavy atom. The summed E-state index contributed by atoms with van der Waals surface area (Å²) in [6.45, 7) is 4.84. The van der Waals surface area contributed by atoms with E-state index in [1.807, 2.05) is 26.1 Å². The van der Waals surface area contributed by atoms with Crippen LogP contribution in [0.2, 0.25) is 0 Å². The summed E-state index contributed by atoms with van der Waals surface area (Å²) in [7, 11) is 1.51. The minimum absolute atomic E-state index is 0.0787. The molecule has 0 aliphatic carbocycles. The molecule has 0 bridgehead atoms. The second-order valence-electron chi connectivity index (χ2n) is 8.55. The highest BCUT2D eigenvalue weighted by atomic mass is 19.1. The number of hydrogen-bond donors (Lipinski definition) is 2. The summed E-state index contributed by atoms with van der Waals surface area (Å²) in [4.78, 5) is 31.1. The molecule has 0 fully saturated rings. The van der Waals surface area contributed by atoms with Crippen LogP contribution >= 0.6 is 0 Å².